The number of para-hydroxylation sites is 1. The highest BCUT2D eigenvalue weighted by molar-refractivity contribution is 7.22. The summed E-state index contributed by atoms with van der Waals surface area (Å²) >= 11 is 1.68. The molecule has 1 amide bonds. The molecule has 29 heavy (non-hydrogen) atoms. The first-order valence-corrected chi connectivity index (χ1v) is 10.3. The minimum atomic E-state index is -4.45. The second-order valence-corrected chi connectivity index (χ2v) is 8.19. The number of hydrogen-bond donors (Lipinski definition) is 1. The molecule has 2 heterocycles. The lowest BCUT2D eigenvalue weighted by Gasteiger charge is -2.31. The monoisotopic (exact) mass is 419 g/mol. The predicted octanol–water partition coefficient (Wildman–Crippen LogP) is 4.96. The minimum absolute atomic E-state index is 0.0340. The van der Waals surface area contributed by atoms with E-state index >= 15 is 0 Å². The van der Waals surface area contributed by atoms with E-state index in [9.17, 15) is 18.0 Å². The summed E-state index contributed by atoms with van der Waals surface area (Å²) in [7, 11) is 0. The number of alkyl halides is 3. The largest absolute Gasteiger partial charge is 0.416 e. The Labute approximate surface area is 170 Å². The molecule has 0 aliphatic carbocycles. The molecule has 1 saturated heterocycles. The summed E-state index contributed by atoms with van der Waals surface area (Å²) in [6.07, 6.45) is -2.65. The molecule has 4 nitrogen and oxygen atoms in total. The van der Waals surface area contributed by atoms with E-state index in [2.05, 4.69) is 21.3 Å². The van der Waals surface area contributed by atoms with E-state index in [0.29, 0.717) is 12.5 Å². The van der Waals surface area contributed by atoms with Crippen LogP contribution < -0.4 is 10.2 Å². The van der Waals surface area contributed by atoms with E-state index in [1.807, 2.05) is 18.2 Å². The van der Waals surface area contributed by atoms with Crippen LogP contribution in [0.4, 0.5) is 18.3 Å². The van der Waals surface area contributed by atoms with Gasteiger partial charge in [0.05, 0.1) is 15.8 Å². The van der Waals surface area contributed by atoms with Crippen LogP contribution in [0.15, 0.2) is 48.5 Å². The SMILES string of the molecule is O=C(NCC1CCN(c2nc3ccccc3s2)CC1)c1cccc(C(F)(F)F)c1. The Morgan fingerprint density at radius 1 is 1.14 bits per heavy atom. The van der Waals surface area contributed by atoms with E-state index in [-0.39, 0.29) is 5.56 Å². The Kier molecular flexibility index (Phi) is 5.45. The third kappa shape index (κ3) is 4.53. The molecule has 1 aromatic heterocycles. The zero-order valence-corrected chi connectivity index (χ0v) is 16.4. The Morgan fingerprint density at radius 3 is 2.62 bits per heavy atom. The van der Waals surface area contributed by atoms with Crippen molar-refractivity contribution in [2.75, 3.05) is 24.5 Å². The van der Waals surface area contributed by atoms with Crippen molar-refractivity contribution < 1.29 is 18.0 Å². The lowest BCUT2D eigenvalue weighted by atomic mass is 9.97. The molecule has 8 heteroatoms. The Hall–Kier alpha value is -2.61. The fourth-order valence-electron chi connectivity index (χ4n) is 3.50. The van der Waals surface area contributed by atoms with Crippen LogP contribution in [0.25, 0.3) is 10.2 Å². The maximum Gasteiger partial charge on any atom is 0.416 e. The van der Waals surface area contributed by atoms with Crippen molar-refractivity contribution in [3.63, 3.8) is 0 Å². The molecule has 1 aliphatic rings. The third-order valence-corrected chi connectivity index (χ3v) is 6.27. The quantitative estimate of drug-likeness (QED) is 0.650. The topological polar surface area (TPSA) is 45.2 Å². The normalized spacial score (nSPS) is 15.6. The van der Waals surface area contributed by atoms with Gasteiger partial charge in [0.15, 0.2) is 5.13 Å². The van der Waals surface area contributed by atoms with Crippen LogP contribution in [0.3, 0.4) is 0 Å². The molecular formula is C21H20F3N3OS. The van der Waals surface area contributed by atoms with Crippen LogP contribution in [0, 0.1) is 5.92 Å². The predicted molar refractivity (Wildman–Crippen MR) is 108 cm³/mol. The molecule has 4 rings (SSSR count). The summed E-state index contributed by atoms with van der Waals surface area (Å²) in [5.74, 6) is -0.167. The number of thiazole rings is 1. The van der Waals surface area contributed by atoms with Crippen LogP contribution in [-0.4, -0.2) is 30.5 Å². The number of piperidine rings is 1. The number of fused-ring (bicyclic) bond motifs is 1. The van der Waals surface area contributed by atoms with Gasteiger partial charge in [0.25, 0.3) is 5.91 Å². The molecule has 152 valence electrons. The highest BCUT2D eigenvalue weighted by Crippen LogP contribution is 2.31. The van der Waals surface area contributed by atoms with Gasteiger partial charge in [-0.25, -0.2) is 4.98 Å². The number of nitrogens with zero attached hydrogens (tertiary/aromatic N) is 2. The minimum Gasteiger partial charge on any atom is -0.352 e. The zero-order valence-electron chi connectivity index (χ0n) is 15.6. The highest BCUT2D eigenvalue weighted by atomic mass is 32.1. The second-order valence-electron chi connectivity index (χ2n) is 7.18. The summed E-state index contributed by atoms with van der Waals surface area (Å²) < 4.78 is 39.6. The number of anilines is 1. The van der Waals surface area contributed by atoms with Crippen molar-refractivity contribution in [3.8, 4) is 0 Å². The number of halogens is 3. The number of hydrogen-bond acceptors (Lipinski definition) is 4. The van der Waals surface area contributed by atoms with Gasteiger partial charge in [0.2, 0.25) is 0 Å². The number of aromatic nitrogens is 1. The van der Waals surface area contributed by atoms with E-state index in [1.165, 1.54) is 12.1 Å². The van der Waals surface area contributed by atoms with Gasteiger partial charge < -0.3 is 10.2 Å². The molecule has 0 saturated carbocycles. The van der Waals surface area contributed by atoms with Crippen LogP contribution in [0.1, 0.15) is 28.8 Å². The van der Waals surface area contributed by atoms with Crippen molar-refractivity contribution >= 4 is 32.6 Å². The van der Waals surface area contributed by atoms with Gasteiger partial charge in [-0.15, -0.1) is 0 Å². The number of carbonyl (C=O) groups excluding carboxylic acids is 1. The summed E-state index contributed by atoms with van der Waals surface area (Å²) in [6.45, 7) is 2.16. The first kappa shape index (κ1) is 19.7. The fraction of sp³-hybridized carbons (Fsp3) is 0.333. The Bertz CT molecular complexity index is 977. The maximum atomic E-state index is 12.8. The molecule has 0 atom stereocenters. The van der Waals surface area contributed by atoms with Gasteiger partial charge in [-0.1, -0.05) is 29.5 Å². The molecule has 1 fully saturated rings. The van der Waals surface area contributed by atoms with Gasteiger partial charge in [0.1, 0.15) is 0 Å². The number of amides is 1. The summed E-state index contributed by atoms with van der Waals surface area (Å²) in [5, 5.41) is 3.80. The molecule has 0 unspecified atom stereocenters. The molecule has 1 aliphatic heterocycles. The van der Waals surface area contributed by atoms with E-state index in [4.69, 9.17) is 0 Å². The van der Waals surface area contributed by atoms with Crippen LogP contribution in [-0.2, 0) is 6.18 Å². The summed E-state index contributed by atoms with van der Waals surface area (Å²) in [4.78, 5) is 19.2. The maximum absolute atomic E-state index is 12.8. The molecule has 0 spiro atoms. The third-order valence-electron chi connectivity index (χ3n) is 5.17. The lowest BCUT2D eigenvalue weighted by Crippen LogP contribution is -2.38. The lowest BCUT2D eigenvalue weighted by molar-refractivity contribution is -0.137. The van der Waals surface area contributed by atoms with Crippen molar-refractivity contribution in [2.24, 2.45) is 5.92 Å². The van der Waals surface area contributed by atoms with Gasteiger partial charge in [-0.05, 0) is 49.1 Å². The van der Waals surface area contributed by atoms with E-state index in [0.717, 1.165) is 53.4 Å². The van der Waals surface area contributed by atoms with Crippen molar-refractivity contribution in [2.45, 2.75) is 19.0 Å². The van der Waals surface area contributed by atoms with Crippen molar-refractivity contribution in [3.05, 3.63) is 59.7 Å². The van der Waals surface area contributed by atoms with Gasteiger partial charge in [-0.2, -0.15) is 13.2 Å². The molecule has 2 aromatic carbocycles. The first-order valence-electron chi connectivity index (χ1n) is 9.46. The summed E-state index contributed by atoms with van der Waals surface area (Å²) in [6, 6.07) is 12.6. The average molecular weight is 419 g/mol. The van der Waals surface area contributed by atoms with Crippen molar-refractivity contribution in [1.29, 1.82) is 0 Å². The number of nitrogens with one attached hydrogen (secondary N) is 1. The van der Waals surface area contributed by atoms with Gasteiger partial charge in [0, 0.05) is 25.2 Å². The number of rotatable bonds is 4. The Morgan fingerprint density at radius 2 is 1.90 bits per heavy atom. The second kappa shape index (κ2) is 8.02. The van der Waals surface area contributed by atoms with E-state index in [1.54, 1.807) is 11.3 Å². The molecular weight excluding hydrogens is 399 g/mol. The zero-order chi connectivity index (χ0) is 20.4. The van der Waals surface area contributed by atoms with Crippen LogP contribution in [0.2, 0.25) is 0 Å². The first-order chi connectivity index (χ1) is 13.9. The molecule has 1 N–H and O–H groups in total. The molecule has 0 bridgehead atoms. The van der Waals surface area contributed by atoms with Gasteiger partial charge >= 0.3 is 6.18 Å². The van der Waals surface area contributed by atoms with E-state index < -0.39 is 17.6 Å². The van der Waals surface area contributed by atoms with Crippen LogP contribution in [0.5, 0.6) is 0 Å². The molecule has 0 radical (unpaired) electrons. The molecule has 3 aromatic rings. The standard InChI is InChI=1S/C21H20F3N3OS/c22-21(23,24)16-5-3-4-15(12-16)19(28)25-13-14-8-10-27(11-9-14)20-26-17-6-1-2-7-18(17)29-20/h1-7,12,14H,8-11,13H2,(H,25,28). The average Bonchev–Trinajstić information content (AvgIpc) is 3.16. The summed E-state index contributed by atoms with van der Waals surface area (Å²) in [5.41, 5.74) is 0.226. The highest BCUT2D eigenvalue weighted by Gasteiger charge is 2.31. The fourth-order valence-corrected chi connectivity index (χ4v) is 4.52. The van der Waals surface area contributed by atoms with Crippen LogP contribution >= 0.6 is 11.3 Å². The van der Waals surface area contributed by atoms with Gasteiger partial charge in [-0.3, -0.25) is 4.79 Å². The number of benzene rings is 2. The Balaban J connectivity index is 1.30. The smallest absolute Gasteiger partial charge is 0.352 e. The van der Waals surface area contributed by atoms with Crippen molar-refractivity contribution in [1.82, 2.24) is 10.3 Å². The number of carbonyl (C=O) groups is 1.